The average molecular weight is 1110 g/mol. The largest absolute Gasteiger partial charge is 0.472 e. The Bertz CT molecular complexity index is 1680. The van der Waals surface area contributed by atoms with Crippen LogP contribution in [-0.2, 0) is 42.2 Å². The summed E-state index contributed by atoms with van der Waals surface area (Å²) in [7, 11) is -4.77. The van der Waals surface area contributed by atoms with Gasteiger partial charge in [0.2, 0.25) is 0 Å². The van der Waals surface area contributed by atoms with E-state index in [1.807, 2.05) is 0 Å². The molecule has 0 amide bonds. The fraction of sp³-hybridized carbons (Fsp3) is 0.712. The van der Waals surface area contributed by atoms with E-state index in [-0.39, 0.29) is 25.9 Å². The van der Waals surface area contributed by atoms with Crippen molar-refractivity contribution in [2.24, 2.45) is 0 Å². The third kappa shape index (κ3) is 57.1. The van der Waals surface area contributed by atoms with Crippen molar-refractivity contribution in [3.63, 3.8) is 0 Å². The molecule has 0 spiro atoms. The van der Waals surface area contributed by atoms with Gasteiger partial charge in [-0.25, -0.2) is 4.57 Å². The molecule has 0 aromatic rings. The Kier molecular flexibility index (Phi) is 56.8. The monoisotopic (exact) mass is 1110 g/mol. The predicted octanol–water partition coefficient (Wildman–Crippen LogP) is 18.8. The first kappa shape index (κ1) is 74.4. The van der Waals surface area contributed by atoms with Crippen LogP contribution < -0.4 is 0 Å². The van der Waals surface area contributed by atoms with Crippen molar-refractivity contribution >= 4 is 25.7 Å². The van der Waals surface area contributed by atoms with E-state index in [0.29, 0.717) is 19.3 Å². The summed E-state index contributed by atoms with van der Waals surface area (Å²) in [5.41, 5.74) is 0. The van der Waals surface area contributed by atoms with Gasteiger partial charge in [0, 0.05) is 19.3 Å². The molecule has 0 aromatic carbocycles. The van der Waals surface area contributed by atoms with E-state index in [0.717, 1.165) is 109 Å². The van der Waals surface area contributed by atoms with Crippen LogP contribution in [0.1, 0.15) is 265 Å². The SMILES string of the molecule is CC/C=C\C/C=C\C/C=C\C/C=C\C/C=C\CCCCCC(=O)OC(COC(=O)CCCCCCCCCCCCCCCCCCCCC)COP(=O)(O)OCC(CO)OC(=O)CCCCC/C=C\C/C=C\C/C=C\CC. The Morgan fingerprint density at radius 1 is 0.372 bits per heavy atom. The van der Waals surface area contributed by atoms with Crippen molar-refractivity contribution in [2.45, 2.75) is 277 Å². The van der Waals surface area contributed by atoms with Gasteiger partial charge in [0.1, 0.15) is 12.7 Å². The number of hydrogen-bond acceptors (Lipinski definition) is 10. The fourth-order valence-electron chi connectivity index (χ4n) is 8.34. The van der Waals surface area contributed by atoms with Gasteiger partial charge < -0.3 is 24.2 Å². The lowest BCUT2D eigenvalue weighted by Gasteiger charge is -2.21. The van der Waals surface area contributed by atoms with Crippen LogP contribution in [0, 0.1) is 0 Å². The number of aliphatic hydroxyl groups is 1. The summed E-state index contributed by atoms with van der Waals surface area (Å²) >= 11 is 0. The summed E-state index contributed by atoms with van der Waals surface area (Å²) in [6.07, 6.45) is 70.9. The van der Waals surface area contributed by atoms with Gasteiger partial charge >= 0.3 is 25.7 Å². The maximum absolute atomic E-state index is 12.9. The van der Waals surface area contributed by atoms with Gasteiger partial charge in [0.25, 0.3) is 0 Å². The smallest absolute Gasteiger partial charge is 0.462 e. The highest BCUT2D eigenvalue weighted by Gasteiger charge is 2.28. The van der Waals surface area contributed by atoms with Crippen LogP contribution >= 0.6 is 7.82 Å². The number of phosphoric acid groups is 1. The van der Waals surface area contributed by atoms with E-state index >= 15 is 0 Å². The molecule has 0 aliphatic carbocycles. The Morgan fingerprint density at radius 3 is 1.03 bits per heavy atom. The summed E-state index contributed by atoms with van der Waals surface area (Å²) in [5.74, 6) is -1.53. The van der Waals surface area contributed by atoms with Gasteiger partial charge in [0.15, 0.2) is 6.10 Å². The highest BCUT2D eigenvalue weighted by atomic mass is 31.2. The summed E-state index contributed by atoms with van der Waals surface area (Å²) in [6.45, 7) is 4.37. The van der Waals surface area contributed by atoms with Gasteiger partial charge in [-0.3, -0.25) is 23.4 Å². The van der Waals surface area contributed by atoms with Gasteiger partial charge in [0.05, 0.1) is 19.8 Å². The van der Waals surface area contributed by atoms with Crippen LogP contribution in [0.5, 0.6) is 0 Å². The van der Waals surface area contributed by atoms with Gasteiger partial charge in [-0.1, -0.05) is 246 Å². The van der Waals surface area contributed by atoms with E-state index in [9.17, 15) is 28.9 Å². The predicted molar refractivity (Wildman–Crippen MR) is 325 cm³/mol. The Hall–Kier alpha value is -3.60. The minimum Gasteiger partial charge on any atom is -0.462 e. The molecule has 448 valence electrons. The minimum atomic E-state index is -4.77. The summed E-state index contributed by atoms with van der Waals surface area (Å²) in [4.78, 5) is 48.7. The normalized spacial score (nSPS) is 14.0. The lowest BCUT2D eigenvalue weighted by Crippen LogP contribution is -2.30. The number of carbonyl (C=O) groups is 3. The number of hydrogen-bond donors (Lipinski definition) is 2. The van der Waals surface area contributed by atoms with E-state index in [1.165, 1.54) is 96.3 Å². The molecular weight excluding hydrogens is 1000 g/mol. The Morgan fingerprint density at radius 2 is 0.667 bits per heavy atom. The van der Waals surface area contributed by atoms with Crippen molar-refractivity contribution in [1.29, 1.82) is 0 Å². The molecule has 0 saturated heterocycles. The topological polar surface area (TPSA) is 155 Å². The molecule has 12 heteroatoms. The number of unbranched alkanes of at least 4 members (excludes halogenated alkanes) is 24. The summed E-state index contributed by atoms with van der Waals surface area (Å²) in [6, 6.07) is 0. The Labute approximate surface area is 476 Å². The number of esters is 3. The molecule has 0 aliphatic rings. The standard InChI is InChI=1S/C66H113O11P/c1-4-7-10-13-16-19-22-25-27-29-31-33-35-38-40-43-46-49-52-55-64(68)73-59-63(77-66(70)57-54-51-48-45-42-39-36-34-32-30-28-26-23-20-17-14-11-8-5-2)61-75-78(71,72)74-60-62(58-67)76-65(69)56-53-50-47-44-41-37-24-21-18-15-12-9-6-3/h8-9,11-12,17-18,20-21,26,28,32,34,37,39,41-42,62-63,67H,4-7,10,13-16,19,22-25,27,29-31,33,35-36,38,40,43-61H2,1-3H3,(H,71,72)/b11-8-,12-9-,20-17-,21-18-,28-26-,34-32-,41-37-,42-39-. The van der Waals surface area contributed by atoms with Crippen LogP contribution in [0.2, 0.25) is 0 Å². The zero-order chi connectivity index (χ0) is 56.9. The van der Waals surface area contributed by atoms with Crippen molar-refractivity contribution in [2.75, 3.05) is 26.4 Å². The maximum Gasteiger partial charge on any atom is 0.472 e. The third-order valence-electron chi connectivity index (χ3n) is 13.0. The molecule has 0 bridgehead atoms. The van der Waals surface area contributed by atoms with Crippen molar-refractivity contribution in [1.82, 2.24) is 0 Å². The third-order valence-corrected chi connectivity index (χ3v) is 14.0. The highest BCUT2D eigenvalue weighted by Crippen LogP contribution is 2.43. The molecule has 0 saturated carbocycles. The number of carbonyl (C=O) groups excluding carboxylic acids is 3. The molecule has 3 atom stereocenters. The van der Waals surface area contributed by atoms with Crippen molar-refractivity contribution in [3.8, 4) is 0 Å². The first-order valence-electron chi connectivity index (χ1n) is 31.1. The second kappa shape index (κ2) is 59.5. The van der Waals surface area contributed by atoms with Crippen LogP contribution in [0.25, 0.3) is 0 Å². The number of allylic oxidation sites excluding steroid dienone is 16. The summed E-state index contributed by atoms with van der Waals surface area (Å²) < 4.78 is 39.6. The van der Waals surface area contributed by atoms with Gasteiger partial charge in [-0.15, -0.1) is 0 Å². The van der Waals surface area contributed by atoms with Crippen LogP contribution in [-0.4, -0.2) is 66.5 Å². The first-order chi connectivity index (χ1) is 38.2. The molecule has 11 nitrogen and oxygen atoms in total. The molecule has 0 heterocycles. The number of ether oxygens (including phenoxy) is 3. The number of phosphoric ester groups is 1. The lowest BCUT2D eigenvalue weighted by atomic mass is 10.0. The molecule has 0 fully saturated rings. The molecule has 0 aromatic heterocycles. The van der Waals surface area contributed by atoms with Crippen LogP contribution in [0.15, 0.2) is 97.2 Å². The molecular formula is C66H113O11P. The minimum absolute atomic E-state index is 0.124. The second-order valence-corrected chi connectivity index (χ2v) is 21.9. The van der Waals surface area contributed by atoms with E-state index in [1.54, 1.807) is 0 Å². The number of rotatable bonds is 57. The molecule has 0 aliphatic heterocycles. The molecule has 2 N–H and O–H groups in total. The van der Waals surface area contributed by atoms with Crippen molar-refractivity contribution in [3.05, 3.63) is 97.2 Å². The van der Waals surface area contributed by atoms with E-state index < -0.39 is 57.8 Å². The molecule has 0 rings (SSSR count). The maximum atomic E-state index is 12.9. The highest BCUT2D eigenvalue weighted by molar-refractivity contribution is 7.47. The molecule has 3 unspecified atom stereocenters. The average Bonchev–Trinajstić information content (AvgIpc) is 3.43. The lowest BCUT2D eigenvalue weighted by molar-refractivity contribution is -0.161. The van der Waals surface area contributed by atoms with E-state index in [4.69, 9.17) is 23.3 Å². The summed E-state index contributed by atoms with van der Waals surface area (Å²) in [5, 5.41) is 9.82. The molecule has 0 radical (unpaired) electrons. The zero-order valence-electron chi connectivity index (χ0n) is 49.6. The number of aliphatic hydroxyl groups excluding tert-OH is 1. The second-order valence-electron chi connectivity index (χ2n) is 20.5. The van der Waals surface area contributed by atoms with E-state index in [2.05, 4.69) is 118 Å². The van der Waals surface area contributed by atoms with Gasteiger partial charge in [-0.05, 0) is 96.3 Å². The van der Waals surface area contributed by atoms with Crippen molar-refractivity contribution < 1.29 is 52.2 Å². The fourth-order valence-corrected chi connectivity index (χ4v) is 9.12. The van der Waals surface area contributed by atoms with Gasteiger partial charge in [-0.2, -0.15) is 0 Å². The quantitative estimate of drug-likeness (QED) is 0.0197. The van der Waals surface area contributed by atoms with Crippen LogP contribution in [0.4, 0.5) is 0 Å². The van der Waals surface area contributed by atoms with Crippen LogP contribution in [0.3, 0.4) is 0 Å². The Balaban J connectivity index is 4.78. The molecule has 78 heavy (non-hydrogen) atoms. The zero-order valence-corrected chi connectivity index (χ0v) is 50.5. The first-order valence-corrected chi connectivity index (χ1v) is 32.6.